The van der Waals surface area contributed by atoms with E-state index in [-0.39, 0.29) is 40.2 Å². The van der Waals surface area contributed by atoms with Crippen molar-refractivity contribution in [3.05, 3.63) is 428 Å². The molecule has 0 aliphatic heterocycles. The molecule has 0 atom stereocenters. The van der Waals surface area contributed by atoms with Gasteiger partial charge in [-0.25, -0.2) is 0 Å². The van der Waals surface area contributed by atoms with Crippen molar-refractivity contribution in [2.75, 3.05) is 0 Å². The summed E-state index contributed by atoms with van der Waals surface area (Å²) < 4.78 is 5.63. The normalized spacial score (nSPS) is 11.1. The van der Waals surface area contributed by atoms with Gasteiger partial charge in [-0.1, -0.05) is 345 Å². The Balaban J connectivity index is 0.00000529. The summed E-state index contributed by atoms with van der Waals surface area (Å²) in [5.41, 5.74) is 34.0. The second-order valence-electron chi connectivity index (χ2n) is 28.8. The van der Waals surface area contributed by atoms with Crippen molar-refractivity contribution in [2.45, 2.75) is 0 Å². The Bertz CT molecular complexity index is 6410. The third-order valence-electron chi connectivity index (χ3n) is 21.3. The van der Waals surface area contributed by atoms with Gasteiger partial charge in [-0.05, 0) is 176 Å². The van der Waals surface area contributed by atoms with E-state index in [9.17, 15) is 0 Å². The van der Waals surface area contributed by atoms with Gasteiger partial charge in [0.05, 0.1) is 5.82 Å². The molecule has 0 radical (unpaired) electrons. The van der Waals surface area contributed by atoms with Crippen molar-refractivity contribution in [3.8, 4) is 201 Å². The molecule has 582 valence electrons. The molecule has 0 aliphatic rings. The zero-order valence-corrected chi connectivity index (χ0v) is 78.6. The molecule has 0 N–H and O–H groups in total. The number of halogens is 6. The zero-order valence-electron chi connectivity index (χ0n) is 64.3. The smallest absolute Gasteiger partial charge is 0.327 e. The minimum atomic E-state index is 0. The van der Waals surface area contributed by atoms with E-state index in [1.807, 2.05) is 110 Å². The predicted molar refractivity (Wildman–Crippen MR) is 510 cm³/mol. The summed E-state index contributed by atoms with van der Waals surface area (Å²) in [5, 5.41) is 0. The van der Waals surface area contributed by atoms with Gasteiger partial charge >= 0.3 is 40.2 Å². The molecule has 19 rings (SSSR count). The molecule has 19 aromatic rings. The summed E-state index contributed by atoms with van der Waals surface area (Å²) in [6, 6.07) is 137. The summed E-state index contributed by atoms with van der Waals surface area (Å²) in [5.74, 6) is 0.521. The first kappa shape index (κ1) is 83.2. The van der Waals surface area contributed by atoms with Crippen LogP contribution in [0, 0.1) is 36.4 Å². The van der Waals surface area contributed by atoms with Crippen LogP contribution in [0.1, 0.15) is 0 Å². The molecule has 122 heavy (non-hydrogen) atoms. The van der Waals surface area contributed by atoms with Crippen LogP contribution in [0.25, 0.3) is 201 Å². The van der Waals surface area contributed by atoms with Crippen molar-refractivity contribution < 1.29 is 40.2 Å². The number of hydrogen-bond acceptors (Lipinski definition) is 6. The van der Waals surface area contributed by atoms with Crippen molar-refractivity contribution in [1.29, 1.82) is 0 Å². The Kier molecular flexibility index (Phi) is 25.5. The third kappa shape index (κ3) is 17.8. The van der Waals surface area contributed by atoms with Gasteiger partial charge in [-0.15, -0.1) is 167 Å². The Labute approximate surface area is 786 Å². The molecule has 0 aliphatic carbocycles. The van der Waals surface area contributed by atoms with Crippen molar-refractivity contribution >= 4 is 95.6 Å². The van der Waals surface area contributed by atoms with Crippen LogP contribution in [-0.2, 0) is 40.2 Å². The molecule has 0 amide bonds. The second-order valence-corrected chi connectivity index (χ2v) is 34.1. The maximum Gasteiger partial charge on any atom is 3.00 e. The Hall–Kier alpha value is -11.1. The largest absolute Gasteiger partial charge is 3.00 e. The van der Waals surface area contributed by atoms with Crippen LogP contribution in [0.5, 0.6) is 0 Å². The fraction of sp³-hybridized carbons (Fsp3) is 0. The van der Waals surface area contributed by atoms with Crippen LogP contribution in [0.4, 0.5) is 0 Å². The molecule has 0 fully saturated rings. The first-order valence-electron chi connectivity index (χ1n) is 38.6. The van der Waals surface area contributed by atoms with Gasteiger partial charge in [0.2, 0.25) is 0 Å². The number of aromatic nitrogens is 6. The SMILES string of the molecule is Brc1cc[c-]c(-c2ccc(-c3ccccc3-c3cc(-c4ccccc4-c4ccc(-c5[c-]ccc(Br)c5)nc4)cc(-c4ccccc4-c4c[c-]c(-c5ccnc(-c6[c-]cc(-c7ccccc7-c7cc(-c8ccccc8-c8ccc(-c9[c-]ccc(Br)c9)nc8)cc(-c8ccccc8-c8ccc(-c9[c-]ccc(Br)c9)nc8)c7)c(Br)c6)n5)cc4Br)c3)cn2)c1.[Ir+3].[Ir+3]. The molecular formula is C108H60Br6Ir2N6. The topological polar surface area (TPSA) is 77.3 Å². The van der Waals surface area contributed by atoms with Gasteiger partial charge < -0.3 is 24.9 Å². The number of nitrogens with zero attached hydrogens (tertiary/aromatic N) is 6. The van der Waals surface area contributed by atoms with Crippen LogP contribution in [-0.4, -0.2) is 29.9 Å². The van der Waals surface area contributed by atoms with Crippen molar-refractivity contribution in [1.82, 2.24) is 29.9 Å². The quantitative estimate of drug-likeness (QED) is 0.0797. The monoisotopic (exact) mass is 2300 g/mol. The van der Waals surface area contributed by atoms with E-state index in [0.717, 1.165) is 217 Å². The molecule has 5 aromatic heterocycles. The van der Waals surface area contributed by atoms with Crippen molar-refractivity contribution in [3.63, 3.8) is 0 Å². The molecular weight excluding hydrogens is 2250 g/mol. The first-order chi connectivity index (χ1) is 58.9. The molecule has 0 spiro atoms. The minimum absolute atomic E-state index is 0. The van der Waals surface area contributed by atoms with Gasteiger partial charge in [0.1, 0.15) is 0 Å². The Morgan fingerprint density at radius 3 is 0.705 bits per heavy atom. The van der Waals surface area contributed by atoms with Crippen LogP contribution >= 0.6 is 95.6 Å². The molecule has 14 aromatic carbocycles. The molecule has 6 nitrogen and oxygen atoms in total. The maximum atomic E-state index is 5.24. The van der Waals surface area contributed by atoms with E-state index in [2.05, 4.69) is 381 Å². The van der Waals surface area contributed by atoms with E-state index < -0.39 is 0 Å². The molecule has 0 saturated carbocycles. The van der Waals surface area contributed by atoms with Crippen LogP contribution in [0.2, 0.25) is 0 Å². The van der Waals surface area contributed by atoms with Gasteiger partial charge in [0.15, 0.2) is 0 Å². The summed E-state index contributed by atoms with van der Waals surface area (Å²) in [4.78, 5) is 30.1. The van der Waals surface area contributed by atoms with Crippen molar-refractivity contribution in [2.24, 2.45) is 0 Å². The third-order valence-corrected chi connectivity index (χ3v) is 24.6. The van der Waals surface area contributed by atoms with Gasteiger partial charge in [-0.3, -0.25) is 4.98 Å². The Morgan fingerprint density at radius 1 is 0.197 bits per heavy atom. The maximum absolute atomic E-state index is 5.24. The molecule has 0 saturated heterocycles. The van der Waals surface area contributed by atoms with Gasteiger partial charge in [-0.2, -0.15) is 0 Å². The Morgan fingerprint density at radius 2 is 0.443 bits per heavy atom. The number of pyridine rings is 4. The van der Waals surface area contributed by atoms with E-state index in [1.165, 1.54) is 0 Å². The van der Waals surface area contributed by atoms with Crippen LogP contribution in [0.3, 0.4) is 0 Å². The summed E-state index contributed by atoms with van der Waals surface area (Å²) in [6.45, 7) is 0. The van der Waals surface area contributed by atoms with Gasteiger partial charge in [0.25, 0.3) is 0 Å². The predicted octanol–water partition coefficient (Wildman–Crippen LogP) is 31.4. The summed E-state index contributed by atoms with van der Waals surface area (Å²) in [6.07, 6.45) is 9.65. The minimum Gasteiger partial charge on any atom is -0.327 e. The first-order valence-corrected chi connectivity index (χ1v) is 43.4. The standard InChI is InChI=1S/C108H60Br6N6.2Ir/c109-83-21-13-17-67(57-83)103-45-39-73(63-116-103)87-25-1-5-29-91(87)77-51-78(92-30-6-2-26-88(92)74-40-46-104(117-64-74)68-18-14-22-84(110)58-68)54-81(53-77)95-33-9-11-35-97(95)99-43-37-71(61-101(99)113)107-49-50-115-108(120-107)72-38-44-100(102(114)62-72)98-36-12-10-34-96(98)82-55-79(93-31-7-3-27-89(93)75-41-47-105(118-65-75)69-19-15-23-85(111)59-69)52-80(56-82)94-32-8-4-28-90(94)76-42-48-106(119-66-76)70-20-16-24-86(112)60-70;;/h1-16,21-36,39-66H;;/q-6;2*+3. The number of rotatable bonds is 18. The van der Waals surface area contributed by atoms with Crippen LogP contribution < -0.4 is 0 Å². The second kappa shape index (κ2) is 37.3. The molecule has 0 bridgehead atoms. The average Bonchev–Trinajstić information content (AvgIpc) is 0.767. The number of hydrogen-bond donors (Lipinski definition) is 0. The fourth-order valence-corrected chi connectivity index (χ4v) is 18.1. The summed E-state index contributed by atoms with van der Waals surface area (Å²) in [7, 11) is 0. The van der Waals surface area contributed by atoms with Gasteiger partial charge in [0, 0.05) is 31.0 Å². The van der Waals surface area contributed by atoms with Crippen LogP contribution in [0.15, 0.2) is 391 Å². The van der Waals surface area contributed by atoms with E-state index >= 15 is 0 Å². The van der Waals surface area contributed by atoms with E-state index in [4.69, 9.17) is 29.9 Å². The number of benzene rings is 14. The molecule has 0 unspecified atom stereocenters. The molecule has 14 heteroatoms. The summed E-state index contributed by atoms with van der Waals surface area (Å²) >= 11 is 22.7. The van der Waals surface area contributed by atoms with E-state index in [0.29, 0.717) is 11.5 Å². The van der Waals surface area contributed by atoms with E-state index in [1.54, 1.807) is 6.20 Å². The molecule has 5 heterocycles. The average molecular weight is 2310 g/mol. The zero-order chi connectivity index (χ0) is 81.2. The fourth-order valence-electron chi connectivity index (χ4n) is 15.5.